The summed E-state index contributed by atoms with van der Waals surface area (Å²) in [5.41, 5.74) is 0.378. The molecule has 0 atom stereocenters. The van der Waals surface area contributed by atoms with Crippen molar-refractivity contribution in [2.45, 2.75) is 26.3 Å². The van der Waals surface area contributed by atoms with Crippen LogP contribution in [0.3, 0.4) is 0 Å². The maximum Gasteiger partial charge on any atom is 0.356 e. The van der Waals surface area contributed by atoms with Gasteiger partial charge in [-0.3, -0.25) is 0 Å². The average Bonchev–Trinajstić information content (AvgIpc) is 2.81. The fraction of sp³-hybridized carbons (Fsp3) is 0.385. The summed E-state index contributed by atoms with van der Waals surface area (Å²) in [7, 11) is 1.88. The van der Waals surface area contributed by atoms with Crippen LogP contribution >= 0.6 is 0 Å². The molecule has 0 bridgehead atoms. The molecule has 2 aromatic heterocycles. The lowest BCUT2D eigenvalue weighted by atomic mass is 10.2. The number of nitrogens with one attached hydrogen (secondary N) is 1. The summed E-state index contributed by atoms with van der Waals surface area (Å²) in [4.78, 5) is 23.7. The van der Waals surface area contributed by atoms with Gasteiger partial charge < -0.3 is 15.0 Å². The Kier molecular flexibility index (Phi) is 3.97. The molecule has 0 aromatic carbocycles. The predicted octanol–water partition coefficient (Wildman–Crippen LogP) is 1.64. The molecule has 0 aliphatic rings. The van der Waals surface area contributed by atoms with Crippen LogP contribution in [-0.4, -0.2) is 30.6 Å². The van der Waals surface area contributed by atoms with Gasteiger partial charge in [0.2, 0.25) is 0 Å². The Bertz CT molecular complexity index is 621. The highest BCUT2D eigenvalue weighted by atomic mass is 16.4. The molecule has 0 unspecified atom stereocenters. The van der Waals surface area contributed by atoms with Crippen molar-refractivity contribution in [3.63, 3.8) is 0 Å². The summed E-state index contributed by atoms with van der Waals surface area (Å²) in [5.74, 6) is 0.326. The first kappa shape index (κ1) is 14.0. The number of anilines is 1. The molecule has 2 heterocycles. The fourth-order valence-electron chi connectivity index (χ4n) is 1.71. The van der Waals surface area contributed by atoms with Gasteiger partial charge in [0.15, 0.2) is 5.69 Å². The topological polar surface area (TPSA) is 92.9 Å². The molecule has 20 heavy (non-hydrogen) atoms. The third kappa shape index (κ3) is 2.93. The van der Waals surface area contributed by atoms with Crippen LogP contribution < -0.4 is 5.32 Å². The van der Waals surface area contributed by atoms with Crippen molar-refractivity contribution in [3.05, 3.63) is 35.9 Å². The van der Waals surface area contributed by atoms with E-state index < -0.39 is 5.97 Å². The number of hydrogen-bond donors (Lipinski definition) is 2. The molecular weight excluding hydrogens is 258 g/mol. The number of aromatic nitrogens is 4. The van der Waals surface area contributed by atoms with E-state index in [2.05, 4.69) is 20.3 Å². The second-order valence-corrected chi connectivity index (χ2v) is 4.76. The first-order valence-electron chi connectivity index (χ1n) is 6.29. The van der Waals surface area contributed by atoms with E-state index in [0.29, 0.717) is 18.1 Å². The molecule has 2 N–H and O–H groups in total. The van der Waals surface area contributed by atoms with Crippen LogP contribution in [0.25, 0.3) is 0 Å². The number of carboxylic acids is 1. The Morgan fingerprint density at radius 2 is 2.20 bits per heavy atom. The van der Waals surface area contributed by atoms with Gasteiger partial charge >= 0.3 is 5.97 Å². The fourth-order valence-corrected chi connectivity index (χ4v) is 1.71. The molecular formula is C13H17N5O2. The van der Waals surface area contributed by atoms with E-state index in [9.17, 15) is 9.90 Å². The van der Waals surface area contributed by atoms with E-state index in [-0.39, 0.29) is 11.6 Å². The lowest BCUT2D eigenvalue weighted by molar-refractivity contribution is 0.0691. The Balaban J connectivity index is 2.23. The van der Waals surface area contributed by atoms with Gasteiger partial charge in [0.1, 0.15) is 11.6 Å². The maximum atomic E-state index is 11.3. The van der Waals surface area contributed by atoms with Crippen molar-refractivity contribution in [2.75, 3.05) is 5.32 Å². The number of aryl methyl sites for hydroxylation is 1. The van der Waals surface area contributed by atoms with E-state index >= 15 is 0 Å². The van der Waals surface area contributed by atoms with Gasteiger partial charge in [-0.15, -0.1) is 0 Å². The molecule has 2 aromatic rings. The van der Waals surface area contributed by atoms with Gasteiger partial charge in [-0.2, -0.15) is 0 Å². The SMILES string of the molecule is CC(C)c1ncc(NCc2nccn2C)c(C(=O)O)n1. The number of aromatic carboxylic acids is 1. The van der Waals surface area contributed by atoms with Crippen molar-refractivity contribution in [1.82, 2.24) is 19.5 Å². The third-order valence-electron chi connectivity index (χ3n) is 2.88. The van der Waals surface area contributed by atoms with E-state index in [1.165, 1.54) is 6.20 Å². The van der Waals surface area contributed by atoms with Crippen molar-refractivity contribution < 1.29 is 9.90 Å². The average molecular weight is 275 g/mol. The van der Waals surface area contributed by atoms with Crippen LogP contribution in [0.1, 0.15) is 41.9 Å². The van der Waals surface area contributed by atoms with Gasteiger partial charge in [0.05, 0.1) is 18.4 Å². The smallest absolute Gasteiger partial charge is 0.356 e. The van der Waals surface area contributed by atoms with E-state index in [0.717, 1.165) is 5.82 Å². The standard InChI is InChI=1S/C13H17N5O2/c1-8(2)12-16-6-9(11(17-12)13(19)20)15-7-10-14-4-5-18(10)3/h4-6,8,15H,7H2,1-3H3,(H,19,20). The Morgan fingerprint density at radius 1 is 1.45 bits per heavy atom. The number of carbonyl (C=O) groups is 1. The molecule has 2 rings (SSSR count). The normalized spacial score (nSPS) is 10.8. The van der Waals surface area contributed by atoms with Crippen LogP contribution in [0.4, 0.5) is 5.69 Å². The molecule has 0 spiro atoms. The molecule has 0 aliphatic carbocycles. The Labute approximate surface area is 116 Å². The molecule has 0 fully saturated rings. The minimum atomic E-state index is -1.07. The molecule has 0 amide bonds. The molecule has 0 saturated carbocycles. The minimum Gasteiger partial charge on any atom is -0.476 e. The Hall–Kier alpha value is -2.44. The summed E-state index contributed by atoms with van der Waals surface area (Å²) in [6, 6.07) is 0. The van der Waals surface area contributed by atoms with Crippen LogP contribution in [0.5, 0.6) is 0 Å². The van der Waals surface area contributed by atoms with Crippen LogP contribution in [-0.2, 0) is 13.6 Å². The van der Waals surface area contributed by atoms with Crippen molar-refractivity contribution in [2.24, 2.45) is 7.05 Å². The quantitative estimate of drug-likeness (QED) is 0.861. The molecule has 7 heteroatoms. The number of imidazole rings is 1. The van der Waals surface area contributed by atoms with E-state index in [1.54, 1.807) is 6.20 Å². The van der Waals surface area contributed by atoms with Gasteiger partial charge in [0.25, 0.3) is 0 Å². The minimum absolute atomic E-state index is 0.0158. The first-order valence-corrected chi connectivity index (χ1v) is 6.29. The number of hydrogen-bond acceptors (Lipinski definition) is 5. The number of carboxylic acid groups (broad SMARTS) is 1. The van der Waals surface area contributed by atoms with Gasteiger partial charge in [-0.1, -0.05) is 13.8 Å². The third-order valence-corrected chi connectivity index (χ3v) is 2.88. The monoisotopic (exact) mass is 275 g/mol. The highest BCUT2D eigenvalue weighted by Gasteiger charge is 2.15. The number of rotatable bonds is 5. The van der Waals surface area contributed by atoms with Crippen molar-refractivity contribution in [3.8, 4) is 0 Å². The highest BCUT2D eigenvalue weighted by Crippen LogP contribution is 2.17. The van der Waals surface area contributed by atoms with Crippen LogP contribution in [0.15, 0.2) is 18.6 Å². The zero-order chi connectivity index (χ0) is 14.7. The molecule has 106 valence electrons. The van der Waals surface area contributed by atoms with E-state index in [1.807, 2.05) is 31.7 Å². The van der Waals surface area contributed by atoms with Gasteiger partial charge in [-0.25, -0.2) is 19.7 Å². The molecule has 7 nitrogen and oxygen atoms in total. The van der Waals surface area contributed by atoms with Crippen LogP contribution in [0, 0.1) is 0 Å². The largest absolute Gasteiger partial charge is 0.476 e. The van der Waals surface area contributed by atoms with E-state index in [4.69, 9.17) is 0 Å². The molecule has 0 aliphatic heterocycles. The first-order chi connectivity index (χ1) is 9.49. The lowest BCUT2D eigenvalue weighted by Gasteiger charge is -2.11. The lowest BCUT2D eigenvalue weighted by Crippen LogP contribution is -2.13. The molecule has 0 radical (unpaired) electrons. The maximum absolute atomic E-state index is 11.3. The second-order valence-electron chi connectivity index (χ2n) is 4.76. The van der Waals surface area contributed by atoms with Crippen LogP contribution in [0.2, 0.25) is 0 Å². The molecule has 0 saturated heterocycles. The van der Waals surface area contributed by atoms with Crippen molar-refractivity contribution >= 4 is 11.7 Å². The Morgan fingerprint density at radius 3 is 2.75 bits per heavy atom. The summed E-state index contributed by atoms with van der Waals surface area (Å²) in [6.07, 6.45) is 5.02. The predicted molar refractivity (Wildman–Crippen MR) is 73.6 cm³/mol. The van der Waals surface area contributed by atoms with Crippen molar-refractivity contribution in [1.29, 1.82) is 0 Å². The zero-order valence-corrected chi connectivity index (χ0v) is 11.7. The second kappa shape index (κ2) is 5.68. The summed E-state index contributed by atoms with van der Waals surface area (Å²) in [6.45, 7) is 4.25. The summed E-state index contributed by atoms with van der Waals surface area (Å²) < 4.78 is 1.86. The van der Waals surface area contributed by atoms with Gasteiger partial charge in [-0.05, 0) is 0 Å². The number of nitrogens with zero attached hydrogens (tertiary/aromatic N) is 4. The zero-order valence-electron chi connectivity index (χ0n) is 11.7. The van der Waals surface area contributed by atoms with Gasteiger partial charge in [0, 0.05) is 25.4 Å². The summed E-state index contributed by atoms with van der Waals surface area (Å²) >= 11 is 0. The highest BCUT2D eigenvalue weighted by molar-refractivity contribution is 5.91. The summed E-state index contributed by atoms with van der Waals surface area (Å²) in [5, 5.41) is 12.2.